The zero-order chi connectivity index (χ0) is 22.2. The second-order valence-corrected chi connectivity index (χ2v) is 9.36. The van der Waals surface area contributed by atoms with E-state index in [2.05, 4.69) is 42.1 Å². The first-order valence-electron chi connectivity index (χ1n) is 10.1. The average Bonchev–Trinajstić information content (AvgIpc) is 3.33. The van der Waals surface area contributed by atoms with E-state index in [1.54, 1.807) is 12.3 Å². The molecule has 2 N–H and O–H groups in total. The molecule has 11 heteroatoms. The molecule has 0 bridgehead atoms. The molecule has 1 fully saturated rings. The molecule has 1 aliphatic heterocycles. The van der Waals surface area contributed by atoms with Crippen LogP contribution in [0.15, 0.2) is 30.5 Å². The van der Waals surface area contributed by atoms with Gasteiger partial charge < -0.3 is 24.8 Å². The van der Waals surface area contributed by atoms with Gasteiger partial charge in [-0.05, 0) is 26.1 Å². The van der Waals surface area contributed by atoms with E-state index in [1.165, 1.54) is 17.4 Å². The van der Waals surface area contributed by atoms with Gasteiger partial charge in [0.15, 0.2) is 10.9 Å². The zero-order valence-corrected chi connectivity index (χ0v) is 19.1. The van der Waals surface area contributed by atoms with Crippen molar-refractivity contribution in [2.24, 2.45) is 0 Å². The monoisotopic (exact) mass is 473 g/mol. The Kier molecular flexibility index (Phi) is 5.58. The van der Waals surface area contributed by atoms with Crippen molar-refractivity contribution in [3.05, 3.63) is 46.3 Å². The quantitative estimate of drug-likeness (QED) is 0.430. The molecular formula is C21H21ClFN7OS. The Morgan fingerprint density at radius 1 is 1.16 bits per heavy atom. The van der Waals surface area contributed by atoms with Crippen molar-refractivity contribution in [3.8, 4) is 11.8 Å². The van der Waals surface area contributed by atoms with E-state index in [9.17, 15) is 4.39 Å². The summed E-state index contributed by atoms with van der Waals surface area (Å²) in [5.41, 5.74) is 1.32. The summed E-state index contributed by atoms with van der Waals surface area (Å²) < 4.78 is 21.0. The number of anilines is 3. The van der Waals surface area contributed by atoms with Crippen LogP contribution in [0.2, 0.25) is 4.34 Å². The smallest absolute Gasteiger partial charge is 0.325 e. The summed E-state index contributed by atoms with van der Waals surface area (Å²) in [4.78, 5) is 20.7. The number of halogens is 2. The molecule has 1 aromatic carbocycles. The molecule has 0 unspecified atom stereocenters. The van der Waals surface area contributed by atoms with Gasteiger partial charge in [-0.2, -0.15) is 9.97 Å². The Morgan fingerprint density at radius 2 is 1.97 bits per heavy atom. The van der Waals surface area contributed by atoms with Gasteiger partial charge in [-0.3, -0.25) is 0 Å². The van der Waals surface area contributed by atoms with E-state index in [4.69, 9.17) is 16.3 Å². The number of H-pyrrole nitrogens is 1. The van der Waals surface area contributed by atoms with Gasteiger partial charge in [0.25, 0.3) is 0 Å². The molecule has 1 saturated heterocycles. The van der Waals surface area contributed by atoms with E-state index in [0.717, 1.165) is 43.1 Å². The number of nitrogens with zero attached hydrogens (tertiary/aromatic N) is 5. The number of rotatable bonds is 5. The molecule has 1 aliphatic rings. The number of piperazine rings is 1. The number of thiazole rings is 1. The number of fused-ring (bicyclic) bond motifs is 1. The molecule has 4 heterocycles. The van der Waals surface area contributed by atoms with Crippen LogP contribution in [0.1, 0.15) is 5.69 Å². The maximum Gasteiger partial charge on any atom is 0.325 e. The SMILES string of the molecule is Cc1cc2cc(Oc3nc(Nc4ncc(Cl)s4)cc(N4CCN(C)CC4)n3)cc(F)c2[nH]1. The summed E-state index contributed by atoms with van der Waals surface area (Å²) in [5, 5.41) is 4.50. The fourth-order valence-electron chi connectivity index (χ4n) is 3.62. The molecule has 0 spiro atoms. The van der Waals surface area contributed by atoms with E-state index in [-0.39, 0.29) is 6.01 Å². The van der Waals surface area contributed by atoms with Crippen LogP contribution in [0.5, 0.6) is 11.8 Å². The Morgan fingerprint density at radius 3 is 2.72 bits per heavy atom. The van der Waals surface area contributed by atoms with E-state index in [1.807, 2.05) is 19.1 Å². The fourth-order valence-corrected chi connectivity index (χ4v) is 4.44. The van der Waals surface area contributed by atoms with Gasteiger partial charge >= 0.3 is 6.01 Å². The van der Waals surface area contributed by atoms with E-state index >= 15 is 0 Å². The highest BCUT2D eigenvalue weighted by molar-refractivity contribution is 7.19. The maximum atomic E-state index is 14.5. The van der Waals surface area contributed by atoms with Crippen molar-refractivity contribution in [1.82, 2.24) is 24.8 Å². The van der Waals surface area contributed by atoms with Crippen LogP contribution in [-0.4, -0.2) is 58.1 Å². The summed E-state index contributed by atoms with van der Waals surface area (Å²) >= 11 is 7.31. The highest BCUT2D eigenvalue weighted by Gasteiger charge is 2.19. The highest BCUT2D eigenvalue weighted by Crippen LogP contribution is 2.31. The molecular weight excluding hydrogens is 453 g/mol. The number of aryl methyl sites for hydroxylation is 1. The summed E-state index contributed by atoms with van der Waals surface area (Å²) in [6.45, 7) is 5.41. The number of nitrogens with one attached hydrogen (secondary N) is 2. The van der Waals surface area contributed by atoms with Crippen LogP contribution in [0.3, 0.4) is 0 Å². The zero-order valence-electron chi connectivity index (χ0n) is 17.5. The van der Waals surface area contributed by atoms with Gasteiger partial charge in [-0.25, -0.2) is 9.37 Å². The molecule has 166 valence electrons. The summed E-state index contributed by atoms with van der Waals surface area (Å²) in [6, 6.07) is 6.94. The van der Waals surface area contributed by atoms with Crippen LogP contribution in [0, 0.1) is 12.7 Å². The van der Waals surface area contributed by atoms with Gasteiger partial charge in [-0.1, -0.05) is 22.9 Å². The lowest BCUT2D eigenvalue weighted by molar-refractivity contribution is 0.311. The first-order valence-corrected chi connectivity index (χ1v) is 11.3. The highest BCUT2D eigenvalue weighted by atomic mass is 35.5. The van der Waals surface area contributed by atoms with Gasteiger partial charge in [0, 0.05) is 49.4 Å². The van der Waals surface area contributed by atoms with Gasteiger partial charge in [0.2, 0.25) is 0 Å². The van der Waals surface area contributed by atoms with Gasteiger partial charge in [0.05, 0.1) is 11.7 Å². The minimum atomic E-state index is -0.392. The van der Waals surface area contributed by atoms with Crippen molar-refractivity contribution < 1.29 is 9.13 Å². The predicted octanol–water partition coefficient (Wildman–Crippen LogP) is 4.80. The number of likely N-dealkylation sites (N-methyl/N-ethyl adjacent to an activating group) is 1. The minimum absolute atomic E-state index is 0.123. The third-order valence-electron chi connectivity index (χ3n) is 5.23. The third-order valence-corrected chi connectivity index (χ3v) is 6.26. The molecule has 0 saturated carbocycles. The lowest BCUT2D eigenvalue weighted by atomic mass is 10.2. The van der Waals surface area contributed by atoms with Crippen molar-refractivity contribution in [3.63, 3.8) is 0 Å². The van der Waals surface area contributed by atoms with E-state index in [0.29, 0.717) is 26.6 Å². The Bertz CT molecular complexity index is 1270. The lowest BCUT2D eigenvalue weighted by Crippen LogP contribution is -2.44. The van der Waals surface area contributed by atoms with Crippen molar-refractivity contribution in [1.29, 1.82) is 0 Å². The molecule has 8 nitrogen and oxygen atoms in total. The minimum Gasteiger partial charge on any atom is -0.424 e. The van der Waals surface area contributed by atoms with Crippen molar-refractivity contribution in [2.45, 2.75) is 6.92 Å². The Balaban J connectivity index is 1.48. The molecule has 0 atom stereocenters. The predicted molar refractivity (Wildman–Crippen MR) is 125 cm³/mol. The van der Waals surface area contributed by atoms with E-state index < -0.39 is 5.82 Å². The summed E-state index contributed by atoms with van der Waals surface area (Å²) in [7, 11) is 2.10. The molecule has 5 rings (SSSR count). The standard InChI is InChI=1S/C21H21ClFN7OS/c1-12-7-13-8-14(9-15(23)19(13)25-12)31-20-26-17(27-21-24-11-16(22)32-21)10-18(28-20)30-5-3-29(2)4-6-30/h7-11,25H,3-6H2,1-2H3,(H,24,26,27,28). The maximum absolute atomic E-state index is 14.5. The molecule has 0 radical (unpaired) electrons. The second-order valence-electron chi connectivity index (χ2n) is 7.70. The topological polar surface area (TPSA) is 82.2 Å². The first-order chi connectivity index (χ1) is 15.4. The Labute approximate surface area is 193 Å². The summed E-state index contributed by atoms with van der Waals surface area (Å²) in [6.07, 6.45) is 1.57. The number of ether oxygens (including phenoxy) is 1. The summed E-state index contributed by atoms with van der Waals surface area (Å²) in [5.74, 6) is 1.19. The van der Waals surface area contributed by atoms with Crippen LogP contribution < -0.4 is 15.0 Å². The molecule has 0 amide bonds. The number of benzene rings is 1. The number of aromatic amines is 1. The average molecular weight is 474 g/mol. The van der Waals surface area contributed by atoms with Gasteiger partial charge in [0.1, 0.15) is 21.7 Å². The van der Waals surface area contributed by atoms with Gasteiger partial charge in [-0.15, -0.1) is 0 Å². The Hall–Kier alpha value is -2.95. The molecule has 4 aromatic rings. The molecule has 0 aliphatic carbocycles. The normalized spacial score (nSPS) is 14.8. The van der Waals surface area contributed by atoms with Crippen molar-refractivity contribution in [2.75, 3.05) is 43.4 Å². The molecule has 3 aromatic heterocycles. The fraction of sp³-hybridized carbons (Fsp3) is 0.286. The van der Waals surface area contributed by atoms with Crippen molar-refractivity contribution >= 4 is 50.6 Å². The van der Waals surface area contributed by atoms with Crippen LogP contribution in [-0.2, 0) is 0 Å². The largest absolute Gasteiger partial charge is 0.424 e. The number of aromatic nitrogens is 4. The number of hydrogen-bond acceptors (Lipinski definition) is 8. The van der Waals surface area contributed by atoms with Crippen LogP contribution in [0.4, 0.5) is 21.2 Å². The molecule has 32 heavy (non-hydrogen) atoms. The van der Waals surface area contributed by atoms with Crippen LogP contribution in [0.25, 0.3) is 10.9 Å². The number of hydrogen-bond donors (Lipinski definition) is 2. The second kappa shape index (κ2) is 8.53. The third kappa shape index (κ3) is 4.47. The first kappa shape index (κ1) is 20.9. The lowest BCUT2D eigenvalue weighted by Gasteiger charge is -2.33. The van der Waals surface area contributed by atoms with Crippen LogP contribution >= 0.6 is 22.9 Å².